The van der Waals surface area contributed by atoms with Gasteiger partial charge in [-0.1, -0.05) is 0 Å². The van der Waals surface area contributed by atoms with Crippen LogP contribution in [0.4, 0.5) is 4.79 Å². The largest absolute Gasteiger partial charge is 0.333 e. The van der Waals surface area contributed by atoms with Gasteiger partial charge in [0.05, 0.1) is 6.54 Å². The number of imide groups is 1. The van der Waals surface area contributed by atoms with Crippen LogP contribution in [0, 0.1) is 0 Å². The van der Waals surface area contributed by atoms with Gasteiger partial charge in [-0.3, -0.25) is 15.0 Å². The average Bonchev–Trinajstić information content (AvgIpc) is 2.18. The Balaban J connectivity index is 0.00000324. The van der Waals surface area contributed by atoms with Crippen molar-refractivity contribution in [2.75, 3.05) is 19.6 Å². The summed E-state index contributed by atoms with van der Waals surface area (Å²) in [4.78, 5) is 25.1. The third-order valence-electron chi connectivity index (χ3n) is 2.74. The van der Waals surface area contributed by atoms with Crippen LogP contribution >= 0.6 is 12.4 Å². The van der Waals surface area contributed by atoms with Crippen LogP contribution in [0.3, 0.4) is 0 Å². The van der Waals surface area contributed by atoms with Crippen molar-refractivity contribution in [1.29, 1.82) is 0 Å². The number of likely N-dealkylation sites (tertiary alicyclic amines) is 1. The molecule has 0 radical (unpaired) electrons. The Morgan fingerprint density at radius 3 is 2.26 bits per heavy atom. The van der Waals surface area contributed by atoms with Crippen molar-refractivity contribution >= 4 is 24.3 Å². The monoisotopic (exact) mass is 292 g/mol. The van der Waals surface area contributed by atoms with Gasteiger partial charge >= 0.3 is 6.03 Å². The maximum Gasteiger partial charge on any atom is 0.321 e. The summed E-state index contributed by atoms with van der Waals surface area (Å²) in [6.07, 6.45) is 1.81. The molecule has 0 aromatic heterocycles. The smallest absolute Gasteiger partial charge is 0.321 e. The summed E-state index contributed by atoms with van der Waals surface area (Å²) < 4.78 is 0. The van der Waals surface area contributed by atoms with Gasteiger partial charge < -0.3 is 11.1 Å². The molecule has 1 aliphatic heterocycles. The number of nitrogens with zero attached hydrogens (tertiary/aromatic N) is 1. The van der Waals surface area contributed by atoms with E-state index in [1.807, 2.05) is 25.7 Å². The second-order valence-corrected chi connectivity index (χ2v) is 5.87. The summed E-state index contributed by atoms with van der Waals surface area (Å²) >= 11 is 0. The lowest BCUT2D eigenvalue weighted by atomic mass is 10.1. The molecule has 0 atom stereocenters. The fraction of sp³-hybridized carbons (Fsp3) is 0.833. The third kappa shape index (κ3) is 8.02. The van der Waals surface area contributed by atoms with Crippen LogP contribution in [0.25, 0.3) is 0 Å². The number of piperidine rings is 1. The molecule has 1 fully saturated rings. The Hall–Kier alpha value is -0.850. The van der Waals surface area contributed by atoms with Crippen molar-refractivity contribution in [3.63, 3.8) is 0 Å². The highest BCUT2D eigenvalue weighted by Crippen LogP contribution is 2.07. The number of rotatable bonds is 2. The van der Waals surface area contributed by atoms with Crippen LogP contribution in [0.15, 0.2) is 0 Å². The Kier molecular flexibility index (Phi) is 7.33. The molecule has 1 rings (SSSR count). The van der Waals surface area contributed by atoms with Crippen LogP contribution in [0.2, 0.25) is 0 Å². The molecule has 0 aliphatic carbocycles. The minimum Gasteiger partial charge on any atom is -0.333 e. The van der Waals surface area contributed by atoms with Gasteiger partial charge in [0.1, 0.15) is 0 Å². The van der Waals surface area contributed by atoms with Gasteiger partial charge in [0.2, 0.25) is 5.91 Å². The zero-order valence-corrected chi connectivity index (χ0v) is 12.7. The molecular formula is C12H25ClN4O2. The maximum atomic E-state index is 11.6. The molecular weight excluding hydrogens is 268 g/mol. The lowest BCUT2D eigenvalue weighted by Crippen LogP contribution is -2.51. The molecule has 1 heterocycles. The third-order valence-corrected chi connectivity index (χ3v) is 2.74. The number of carbonyl (C=O) groups excluding carboxylic acids is 2. The molecule has 0 saturated carbocycles. The van der Waals surface area contributed by atoms with Crippen LogP contribution in [-0.2, 0) is 4.79 Å². The SMILES string of the molecule is CC(C)(C)NC(=O)NC(=O)CN1CCC(N)CC1.Cl. The highest BCUT2D eigenvalue weighted by atomic mass is 35.5. The summed E-state index contributed by atoms with van der Waals surface area (Å²) in [7, 11) is 0. The van der Waals surface area contributed by atoms with E-state index in [9.17, 15) is 9.59 Å². The summed E-state index contributed by atoms with van der Waals surface area (Å²) in [5.41, 5.74) is 5.44. The number of amides is 3. The topological polar surface area (TPSA) is 87.5 Å². The summed E-state index contributed by atoms with van der Waals surface area (Å²) in [6, 6.07) is -0.199. The quantitative estimate of drug-likeness (QED) is 0.690. The lowest BCUT2D eigenvalue weighted by Gasteiger charge is -2.29. The van der Waals surface area contributed by atoms with E-state index in [4.69, 9.17) is 5.73 Å². The standard InChI is InChI=1S/C12H24N4O2.ClH/c1-12(2,3)15-11(18)14-10(17)8-16-6-4-9(13)5-7-16;/h9H,4-8,13H2,1-3H3,(H2,14,15,17,18);1H. The molecule has 6 nitrogen and oxygen atoms in total. The maximum absolute atomic E-state index is 11.6. The van der Waals surface area contributed by atoms with E-state index < -0.39 is 6.03 Å². The summed E-state index contributed by atoms with van der Waals surface area (Å²) in [5, 5.41) is 5.02. The first kappa shape index (κ1) is 18.1. The molecule has 0 bridgehead atoms. The number of nitrogens with two attached hydrogens (primary N) is 1. The van der Waals surface area contributed by atoms with E-state index in [1.54, 1.807) is 0 Å². The summed E-state index contributed by atoms with van der Waals surface area (Å²) in [5.74, 6) is -0.271. The molecule has 7 heteroatoms. The first-order valence-electron chi connectivity index (χ1n) is 6.36. The molecule has 0 unspecified atom stereocenters. The predicted octanol–water partition coefficient (Wildman–Crippen LogP) is 0.456. The van der Waals surface area contributed by atoms with Crippen molar-refractivity contribution in [3.8, 4) is 0 Å². The lowest BCUT2D eigenvalue weighted by molar-refractivity contribution is -0.121. The van der Waals surface area contributed by atoms with Crippen LogP contribution in [-0.4, -0.2) is 48.1 Å². The van der Waals surface area contributed by atoms with E-state index in [0.29, 0.717) is 0 Å². The van der Waals surface area contributed by atoms with Crippen molar-refractivity contribution in [3.05, 3.63) is 0 Å². The Morgan fingerprint density at radius 2 is 1.79 bits per heavy atom. The van der Waals surface area contributed by atoms with Crippen LogP contribution in [0.5, 0.6) is 0 Å². The van der Waals surface area contributed by atoms with E-state index in [-0.39, 0.29) is 36.4 Å². The van der Waals surface area contributed by atoms with Gasteiger partial charge in [0.15, 0.2) is 0 Å². The Morgan fingerprint density at radius 1 is 1.26 bits per heavy atom. The van der Waals surface area contributed by atoms with E-state index >= 15 is 0 Å². The van der Waals surface area contributed by atoms with E-state index in [2.05, 4.69) is 10.6 Å². The number of hydrogen-bond donors (Lipinski definition) is 3. The number of nitrogens with one attached hydrogen (secondary N) is 2. The first-order chi connectivity index (χ1) is 8.26. The van der Waals surface area contributed by atoms with Gasteiger partial charge in [-0.15, -0.1) is 12.4 Å². The predicted molar refractivity (Wildman–Crippen MR) is 77.3 cm³/mol. The normalized spacial score (nSPS) is 17.5. The van der Waals surface area contributed by atoms with E-state index in [1.165, 1.54) is 0 Å². The van der Waals surface area contributed by atoms with Gasteiger partial charge in [-0.25, -0.2) is 4.79 Å². The fourth-order valence-corrected chi connectivity index (χ4v) is 1.85. The highest BCUT2D eigenvalue weighted by molar-refractivity contribution is 5.95. The van der Waals surface area contributed by atoms with Gasteiger partial charge in [-0.05, 0) is 33.6 Å². The first-order valence-corrected chi connectivity index (χ1v) is 6.36. The van der Waals surface area contributed by atoms with Crippen molar-refractivity contribution < 1.29 is 9.59 Å². The van der Waals surface area contributed by atoms with E-state index in [0.717, 1.165) is 25.9 Å². The number of carbonyl (C=O) groups is 2. The van der Waals surface area contributed by atoms with Crippen LogP contribution < -0.4 is 16.4 Å². The molecule has 4 N–H and O–H groups in total. The number of urea groups is 1. The highest BCUT2D eigenvalue weighted by Gasteiger charge is 2.20. The molecule has 1 aliphatic rings. The van der Waals surface area contributed by atoms with Crippen molar-refractivity contribution in [2.45, 2.75) is 45.2 Å². The summed E-state index contributed by atoms with van der Waals surface area (Å²) in [6.45, 7) is 7.48. The second kappa shape index (κ2) is 7.67. The van der Waals surface area contributed by atoms with Crippen molar-refractivity contribution in [2.24, 2.45) is 5.73 Å². The fourth-order valence-electron chi connectivity index (χ4n) is 1.85. The molecule has 1 saturated heterocycles. The molecule has 0 spiro atoms. The minimum atomic E-state index is -0.443. The molecule has 0 aromatic rings. The zero-order chi connectivity index (χ0) is 13.8. The molecule has 0 aromatic carbocycles. The average molecular weight is 293 g/mol. The van der Waals surface area contributed by atoms with Gasteiger partial charge in [-0.2, -0.15) is 0 Å². The number of halogens is 1. The molecule has 112 valence electrons. The van der Waals surface area contributed by atoms with Gasteiger partial charge in [0, 0.05) is 24.7 Å². The Bertz CT molecular complexity index is 309. The minimum absolute atomic E-state index is 0. The molecule has 3 amide bonds. The zero-order valence-electron chi connectivity index (χ0n) is 11.9. The van der Waals surface area contributed by atoms with Crippen molar-refractivity contribution in [1.82, 2.24) is 15.5 Å². The second-order valence-electron chi connectivity index (χ2n) is 5.87. The van der Waals surface area contributed by atoms with Gasteiger partial charge in [0.25, 0.3) is 0 Å². The van der Waals surface area contributed by atoms with Crippen LogP contribution in [0.1, 0.15) is 33.6 Å². The number of hydrogen-bond acceptors (Lipinski definition) is 4. The molecule has 19 heavy (non-hydrogen) atoms. The Labute approximate surface area is 120 Å².